The Morgan fingerprint density at radius 3 is 2.71 bits per heavy atom. The first kappa shape index (κ1) is 12.1. The molecule has 2 aromatic rings. The molecule has 1 N–H and O–H groups in total. The summed E-state index contributed by atoms with van der Waals surface area (Å²) in [4.78, 5) is 29.9. The first-order valence-corrected chi connectivity index (χ1v) is 6.22. The summed E-state index contributed by atoms with van der Waals surface area (Å²) in [6.45, 7) is 3.99. The topological polar surface area (TPSA) is 67.8 Å². The number of hydrogen-bond donors (Lipinski definition) is 1. The number of aromatic amines is 1. The van der Waals surface area contributed by atoms with Crippen LogP contribution in [0.2, 0.25) is 5.15 Å². The fourth-order valence-electron chi connectivity index (χ4n) is 1.29. The van der Waals surface area contributed by atoms with Crippen LogP contribution in [-0.4, -0.2) is 14.5 Å². The largest absolute Gasteiger partial charge is 0.336 e. The van der Waals surface area contributed by atoms with Crippen molar-refractivity contribution in [2.45, 2.75) is 19.8 Å². The highest BCUT2D eigenvalue weighted by Crippen LogP contribution is 2.18. The molecule has 0 fully saturated rings. The van der Waals surface area contributed by atoms with Gasteiger partial charge in [0.25, 0.3) is 5.56 Å². The van der Waals surface area contributed by atoms with E-state index in [1.807, 2.05) is 19.2 Å². The van der Waals surface area contributed by atoms with E-state index in [2.05, 4.69) is 9.97 Å². The molecule has 0 aliphatic rings. The molecule has 0 aliphatic heterocycles. The first-order chi connectivity index (χ1) is 7.99. The minimum atomic E-state index is -0.577. The Labute approximate surface area is 106 Å². The molecule has 7 heteroatoms. The van der Waals surface area contributed by atoms with E-state index in [1.54, 1.807) is 0 Å². The highest BCUT2D eigenvalue weighted by Gasteiger charge is 2.11. The van der Waals surface area contributed by atoms with Crippen molar-refractivity contribution in [3.63, 3.8) is 0 Å². The van der Waals surface area contributed by atoms with Gasteiger partial charge in [-0.2, -0.15) is 0 Å². The lowest BCUT2D eigenvalue weighted by atomic mass is 10.2. The second-order valence-electron chi connectivity index (χ2n) is 3.81. The third-order valence-electron chi connectivity index (χ3n) is 2.19. The van der Waals surface area contributed by atoms with Crippen LogP contribution in [0.5, 0.6) is 0 Å². The Balaban J connectivity index is 2.61. The number of nitrogens with one attached hydrogen (secondary N) is 1. The van der Waals surface area contributed by atoms with Crippen molar-refractivity contribution < 1.29 is 0 Å². The van der Waals surface area contributed by atoms with Crippen molar-refractivity contribution in [1.82, 2.24) is 14.5 Å². The molecule has 2 rings (SSSR count). The van der Waals surface area contributed by atoms with Gasteiger partial charge in [-0.1, -0.05) is 25.4 Å². The molecule has 0 aliphatic carbocycles. The van der Waals surface area contributed by atoms with Crippen molar-refractivity contribution in [2.24, 2.45) is 0 Å². The number of aromatic nitrogens is 3. The second kappa shape index (κ2) is 4.46. The third-order valence-corrected chi connectivity index (χ3v) is 3.24. The van der Waals surface area contributed by atoms with Crippen LogP contribution in [0.3, 0.4) is 0 Å². The summed E-state index contributed by atoms with van der Waals surface area (Å²) >= 11 is 6.83. The molecule has 5 nitrogen and oxygen atoms in total. The fourth-order valence-corrected chi connectivity index (χ4v) is 2.45. The quantitative estimate of drug-likeness (QED) is 0.847. The van der Waals surface area contributed by atoms with Crippen molar-refractivity contribution in [3.05, 3.63) is 43.1 Å². The predicted molar refractivity (Wildman–Crippen MR) is 67.4 cm³/mol. The molecule has 90 valence electrons. The number of H-pyrrole nitrogens is 1. The molecule has 0 bridgehead atoms. The van der Waals surface area contributed by atoms with Gasteiger partial charge in [-0.3, -0.25) is 9.78 Å². The molecule has 0 saturated carbocycles. The van der Waals surface area contributed by atoms with Crippen LogP contribution >= 0.6 is 22.9 Å². The Hall–Kier alpha value is -1.40. The molecule has 0 saturated heterocycles. The first-order valence-electron chi connectivity index (χ1n) is 4.96. The Morgan fingerprint density at radius 2 is 2.18 bits per heavy atom. The van der Waals surface area contributed by atoms with E-state index in [4.69, 9.17) is 11.6 Å². The Bertz CT molecular complexity index is 625. The molecule has 0 aromatic carbocycles. The van der Waals surface area contributed by atoms with Gasteiger partial charge in [0.15, 0.2) is 0 Å². The highest BCUT2D eigenvalue weighted by atomic mass is 35.5. The maximum atomic E-state index is 11.7. The van der Waals surface area contributed by atoms with Gasteiger partial charge < -0.3 is 0 Å². The van der Waals surface area contributed by atoms with Crippen LogP contribution < -0.4 is 11.2 Å². The minimum absolute atomic E-state index is 0.0249. The van der Waals surface area contributed by atoms with Crippen LogP contribution in [-0.2, 0) is 0 Å². The van der Waals surface area contributed by atoms with E-state index in [9.17, 15) is 9.59 Å². The van der Waals surface area contributed by atoms with Crippen LogP contribution in [0, 0.1) is 0 Å². The van der Waals surface area contributed by atoms with Crippen LogP contribution in [0.4, 0.5) is 0 Å². The van der Waals surface area contributed by atoms with Crippen molar-refractivity contribution in [2.75, 3.05) is 0 Å². The highest BCUT2D eigenvalue weighted by molar-refractivity contribution is 7.12. The smallest absolute Gasteiger partial charge is 0.297 e. The summed E-state index contributed by atoms with van der Waals surface area (Å²) in [6, 6.07) is 1.15. The van der Waals surface area contributed by atoms with Crippen molar-refractivity contribution >= 4 is 22.9 Å². The Kier molecular flexibility index (Phi) is 3.17. The van der Waals surface area contributed by atoms with E-state index >= 15 is 0 Å². The molecule has 17 heavy (non-hydrogen) atoms. The molecule has 0 unspecified atom stereocenters. The lowest BCUT2D eigenvalue weighted by molar-refractivity contribution is 0.807. The molecule has 0 spiro atoms. The summed E-state index contributed by atoms with van der Waals surface area (Å²) in [6.07, 6.45) is 0. The maximum absolute atomic E-state index is 11.7. The van der Waals surface area contributed by atoms with Gasteiger partial charge in [0.1, 0.15) is 5.15 Å². The van der Waals surface area contributed by atoms with E-state index in [0.29, 0.717) is 5.13 Å². The number of nitrogens with zero attached hydrogens (tertiary/aromatic N) is 2. The fraction of sp³-hybridized carbons (Fsp3) is 0.300. The number of halogens is 1. The standard InChI is InChI=1S/C10H10ClN3O2S/c1-5(2)6-4-17-10(12-6)14-8(15)3-7(11)13-9(14)16/h3-5H,1-2H3,(H,13,16). The molecular weight excluding hydrogens is 262 g/mol. The van der Waals surface area contributed by atoms with E-state index in [1.165, 1.54) is 11.3 Å². The average molecular weight is 272 g/mol. The third kappa shape index (κ3) is 2.32. The lowest BCUT2D eigenvalue weighted by Gasteiger charge is -2.00. The van der Waals surface area contributed by atoms with Crippen LogP contribution in [0.25, 0.3) is 5.13 Å². The molecular formula is C10H10ClN3O2S. The zero-order valence-electron chi connectivity index (χ0n) is 9.23. The second-order valence-corrected chi connectivity index (χ2v) is 5.05. The maximum Gasteiger partial charge on any atom is 0.336 e. The predicted octanol–water partition coefficient (Wildman–Crippen LogP) is 1.76. The van der Waals surface area contributed by atoms with E-state index < -0.39 is 11.2 Å². The molecule has 0 radical (unpaired) electrons. The molecule has 0 amide bonds. The Morgan fingerprint density at radius 1 is 1.47 bits per heavy atom. The lowest BCUT2D eigenvalue weighted by Crippen LogP contribution is -2.32. The van der Waals surface area contributed by atoms with Crippen LogP contribution in [0.1, 0.15) is 25.5 Å². The van der Waals surface area contributed by atoms with Crippen molar-refractivity contribution in [3.8, 4) is 5.13 Å². The minimum Gasteiger partial charge on any atom is -0.297 e. The van der Waals surface area contributed by atoms with E-state index in [0.717, 1.165) is 16.3 Å². The summed E-state index contributed by atoms with van der Waals surface area (Å²) in [7, 11) is 0. The molecule has 2 aromatic heterocycles. The van der Waals surface area contributed by atoms with Gasteiger partial charge in [0.2, 0.25) is 5.13 Å². The van der Waals surface area contributed by atoms with Gasteiger partial charge in [-0.25, -0.2) is 14.3 Å². The number of hydrogen-bond acceptors (Lipinski definition) is 4. The summed E-state index contributed by atoms with van der Waals surface area (Å²) in [5.74, 6) is 0.252. The normalized spacial score (nSPS) is 11.1. The molecule has 2 heterocycles. The van der Waals surface area contributed by atoms with E-state index in [-0.39, 0.29) is 11.1 Å². The summed E-state index contributed by atoms with van der Waals surface area (Å²) in [5.41, 5.74) is -0.207. The van der Waals surface area contributed by atoms with Gasteiger partial charge in [0, 0.05) is 11.4 Å². The SMILES string of the molecule is CC(C)c1csc(-n2c(=O)cc(Cl)[nH]c2=O)n1. The van der Waals surface area contributed by atoms with Crippen molar-refractivity contribution in [1.29, 1.82) is 0 Å². The van der Waals surface area contributed by atoms with Gasteiger partial charge in [-0.15, -0.1) is 11.3 Å². The van der Waals surface area contributed by atoms with Gasteiger partial charge in [0.05, 0.1) is 5.69 Å². The zero-order valence-corrected chi connectivity index (χ0v) is 10.8. The van der Waals surface area contributed by atoms with Gasteiger partial charge >= 0.3 is 5.69 Å². The monoisotopic (exact) mass is 271 g/mol. The van der Waals surface area contributed by atoms with Gasteiger partial charge in [-0.05, 0) is 5.92 Å². The average Bonchev–Trinajstić information content (AvgIpc) is 2.65. The summed E-state index contributed by atoms with van der Waals surface area (Å²) in [5, 5.41) is 2.22. The number of thiazole rings is 1. The number of rotatable bonds is 2. The van der Waals surface area contributed by atoms with Crippen LogP contribution in [0.15, 0.2) is 21.0 Å². The molecule has 0 atom stereocenters. The summed E-state index contributed by atoms with van der Waals surface area (Å²) < 4.78 is 0.975. The zero-order chi connectivity index (χ0) is 12.6.